The van der Waals surface area contributed by atoms with E-state index in [0.29, 0.717) is 25.1 Å². The molecule has 1 aromatic carbocycles. The number of nitrogens with one attached hydrogen (secondary N) is 1. The van der Waals surface area contributed by atoms with Crippen LogP contribution in [0.2, 0.25) is 0 Å². The molecule has 5 heteroatoms. The van der Waals surface area contributed by atoms with E-state index in [2.05, 4.69) is 17.3 Å². The summed E-state index contributed by atoms with van der Waals surface area (Å²) in [5.41, 5.74) is 0.687. The number of likely N-dealkylation sites (N-methyl/N-ethyl adjacent to an activating group) is 1. The lowest BCUT2D eigenvalue weighted by atomic mass is 10.1. The lowest BCUT2D eigenvalue weighted by Crippen LogP contribution is -2.49. The molecule has 1 heterocycles. The second-order valence-corrected chi connectivity index (χ2v) is 5.20. The third-order valence-electron chi connectivity index (χ3n) is 3.66. The summed E-state index contributed by atoms with van der Waals surface area (Å²) >= 11 is 0. The Balaban J connectivity index is 1.66. The van der Waals surface area contributed by atoms with Gasteiger partial charge in [0.2, 0.25) is 5.91 Å². The van der Waals surface area contributed by atoms with Crippen LogP contribution in [-0.4, -0.2) is 62.0 Å². The molecule has 1 fully saturated rings. The number of piperazine rings is 1. The van der Waals surface area contributed by atoms with E-state index in [1.165, 1.54) is 6.07 Å². The van der Waals surface area contributed by atoms with Crippen molar-refractivity contribution in [1.29, 1.82) is 0 Å². The Morgan fingerprint density at radius 2 is 1.95 bits per heavy atom. The van der Waals surface area contributed by atoms with Crippen LogP contribution in [0.3, 0.4) is 0 Å². The number of rotatable bonds is 5. The highest BCUT2D eigenvalue weighted by Crippen LogP contribution is 2.06. The van der Waals surface area contributed by atoms with Crippen molar-refractivity contribution in [2.45, 2.75) is 6.42 Å². The number of nitrogens with zero attached hydrogens (tertiary/aromatic N) is 2. The van der Waals surface area contributed by atoms with Gasteiger partial charge < -0.3 is 15.1 Å². The van der Waals surface area contributed by atoms with Gasteiger partial charge in [-0.3, -0.25) is 4.79 Å². The van der Waals surface area contributed by atoms with E-state index in [-0.39, 0.29) is 11.7 Å². The van der Waals surface area contributed by atoms with Gasteiger partial charge in [0, 0.05) is 26.2 Å². The van der Waals surface area contributed by atoms with Gasteiger partial charge in [0.25, 0.3) is 0 Å². The number of carbonyl (C=O) groups is 1. The first-order valence-electron chi connectivity index (χ1n) is 7.07. The molecule has 1 amide bonds. The fourth-order valence-electron chi connectivity index (χ4n) is 2.29. The van der Waals surface area contributed by atoms with E-state index >= 15 is 0 Å². The highest BCUT2D eigenvalue weighted by atomic mass is 19.1. The molecule has 20 heavy (non-hydrogen) atoms. The molecule has 4 nitrogen and oxygen atoms in total. The number of hydrogen-bond donors (Lipinski definition) is 1. The van der Waals surface area contributed by atoms with Crippen LogP contribution in [0.1, 0.15) is 5.56 Å². The Hall–Kier alpha value is -1.46. The van der Waals surface area contributed by atoms with E-state index in [0.717, 1.165) is 26.2 Å². The summed E-state index contributed by atoms with van der Waals surface area (Å²) in [6, 6.07) is 6.75. The van der Waals surface area contributed by atoms with Crippen molar-refractivity contribution in [3.05, 3.63) is 35.6 Å². The largest absolute Gasteiger partial charge is 0.339 e. The standard InChI is InChI=1S/C15H22FN3O/c1-18-8-10-19(11-9-18)15(20)12-17-7-6-13-4-2-3-5-14(13)16/h2-5,17H,6-12H2,1H3. The monoisotopic (exact) mass is 279 g/mol. The zero-order valence-corrected chi connectivity index (χ0v) is 11.9. The highest BCUT2D eigenvalue weighted by Gasteiger charge is 2.18. The lowest BCUT2D eigenvalue weighted by molar-refractivity contribution is -0.131. The minimum Gasteiger partial charge on any atom is -0.339 e. The van der Waals surface area contributed by atoms with E-state index < -0.39 is 0 Å². The number of carbonyl (C=O) groups excluding carboxylic acids is 1. The van der Waals surface area contributed by atoms with Crippen LogP contribution in [0.25, 0.3) is 0 Å². The molecule has 1 aliphatic heterocycles. The van der Waals surface area contributed by atoms with Gasteiger partial charge >= 0.3 is 0 Å². The molecule has 0 aromatic heterocycles. The Labute approximate surface area is 119 Å². The van der Waals surface area contributed by atoms with Gasteiger partial charge in [0.15, 0.2) is 0 Å². The zero-order chi connectivity index (χ0) is 14.4. The summed E-state index contributed by atoms with van der Waals surface area (Å²) < 4.78 is 13.4. The van der Waals surface area contributed by atoms with Crippen LogP contribution in [0, 0.1) is 5.82 Å². The second-order valence-electron chi connectivity index (χ2n) is 5.20. The van der Waals surface area contributed by atoms with Gasteiger partial charge in [0.1, 0.15) is 5.82 Å². The van der Waals surface area contributed by atoms with Crippen molar-refractivity contribution in [2.24, 2.45) is 0 Å². The van der Waals surface area contributed by atoms with Crippen LogP contribution in [-0.2, 0) is 11.2 Å². The third kappa shape index (κ3) is 4.28. The van der Waals surface area contributed by atoms with Gasteiger partial charge in [-0.2, -0.15) is 0 Å². The summed E-state index contributed by atoms with van der Waals surface area (Å²) in [5.74, 6) is -0.0497. The van der Waals surface area contributed by atoms with Gasteiger partial charge in [-0.05, 0) is 31.6 Å². The summed E-state index contributed by atoms with van der Waals surface area (Å²) in [6.45, 7) is 4.40. The molecule has 0 atom stereocenters. The number of halogens is 1. The number of hydrogen-bond acceptors (Lipinski definition) is 3. The van der Waals surface area contributed by atoms with Gasteiger partial charge in [-0.25, -0.2) is 4.39 Å². The highest BCUT2D eigenvalue weighted by molar-refractivity contribution is 5.78. The molecule has 0 radical (unpaired) electrons. The minimum atomic E-state index is -0.181. The Morgan fingerprint density at radius 3 is 2.65 bits per heavy atom. The summed E-state index contributed by atoms with van der Waals surface area (Å²) in [6.07, 6.45) is 0.600. The van der Waals surface area contributed by atoms with Crippen molar-refractivity contribution < 1.29 is 9.18 Å². The molecule has 2 rings (SSSR count). The molecule has 110 valence electrons. The van der Waals surface area contributed by atoms with Gasteiger partial charge in [0.05, 0.1) is 6.54 Å². The third-order valence-corrected chi connectivity index (χ3v) is 3.66. The summed E-state index contributed by atoms with van der Waals surface area (Å²) in [7, 11) is 2.06. The average Bonchev–Trinajstić information content (AvgIpc) is 2.46. The van der Waals surface area contributed by atoms with E-state index in [4.69, 9.17) is 0 Å². The first kappa shape index (κ1) is 14.9. The molecule has 0 saturated carbocycles. The Bertz CT molecular complexity index is 444. The second kappa shape index (κ2) is 7.36. The van der Waals surface area contributed by atoms with E-state index in [1.807, 2.05) is 11.0 Å². The minimum absolute atomic E-state index is 0.131. The fraction of sp³-hybridized carbons (Fsp3) is 0.533. The van der Waals surface area contributed by atoms with Crippen molar-refractivity contribution in [3.63, 3.8) is 0 Å². The molecular weight excluding hydrogens is 257 g/mol. The Morgan fingerprint density at radius 1 is 1.25 bits per heavy atom. The average molecular weight is 279 g/mol. The van der Waals surface area contributed by atoms with Crippen LogP contribution in [0.15, 0.2) is 24.3 Å². The van der Waals surface area contributed by atoms with E-state index in [1.54, 1.807) is 12.1 Å². The molecule has 1 N–H and O–H groups in total. The maximum absolute atomic E-state index is 13.4. The predicted molar refractivity (Wildman–Crippen MR) is 77.1 cm³/mol. The normalized spacial score (nSPS) is 16.4. The molecule has 0 spiro atoms. The quantitative estimate of drug-likeness (QED) is 0.807. The van der Waals surface area contributed by atoms with Crippen LogP contribution in [0.4, 0.5) is 4.39 Å². The summed E-state index contributed by atoms with van der Waals surface area (Å²) in [5, 5.41) is 3.10. The first-order chi connectivity index (χ1) is 9.66. The smallest absolute Gasteiger partial charge is 0.236 e. The zero-order valence-electron chi connectivity index (χ0n) is 11.9. The van der Waals surface area contributed by atoms with Crippen LogP contribution >= 0.6 is 0 Å². The molecule has 1 aliphatic rings. The van der Waals surface area contributed by atoms with Crippen LogP contribution < -0.4 is 5.32 Å². The molecule has 0 unspecified atom stereocenters. The summed E-state index contributed by atoms with van der Waals surface area (Å²) in [4.78, 5) is 16.1. The fourth-order valence-corrected chi connectivity index (χ4v) is 2.29. The molecule has 0 aliphatic carbocycles. The topological polar surface area (TPSA) is 35.6 Å². The first-order valence-corrected chi connectivity index (χ1v) is 7.07. The predicted octanol–water partition coefficient (Wildman–Crippen LogP) is 0.732. The van der Waals surface area contributed by atoms with Crippen LogP contribution in [0.5, 0.6) is 0 Å². The van der Waals surface area contributed by atoms with Gasteiger partial charge in [-0.1, -0.05) is 18.2 Å². The number of benzene rings is 1. The molecular formula is C15H22FN3O. The van der Waals surface area contributed by atoms with Crippen molar-refractivity contribution in [1.82, 2.24) is 15.1 Å². The maximum Gasteiger partial charge on any atom is 0.236 e. The molecule has 1 aromatic rings. The van der Waals surface area contributed by atoms with Crippen molar-refractivity contribution >= 4 is 5.91 Å². The molecule has 0 bridgehead atoms. The van der Waals surface area contributed by atoms with Crippen molar-refractivity contribution in [3.8, 4) is 0 Å². The Kier molecular flexibility index (Phi) is 5.49. The maximum atomic E-state index is 13.4. The lowest BCUT2D eigenvalue weighted by Gasteiger charge is -2.32. The van der Waals surface area contributed by atoms with Crippen molar-refractivity contribution in [2.75, 3.05) is 46.3 Å². The SMILES string of the molecule is CN1CCN(C(=O)CNCCc2ccccc2F)CC1. The number of amides is 1. The van der Waals surface area contributed by atoms with E-state index in [9.17, 15) is 9.18 Å². The van der Waals surface area contributed by atoms with Gasteiger partial charge in [-0.15, -0.1) is 0 Å². The molecule has 1 saturated heterocycles.